The summed E-state index contributed by atoms with van der Waals surface area (Å²) in [6, 6.07) is 5.57. The van der Waals surface area contributed by atoms with Crippen LogP contribution in [-0.4, -0.2) is 28.1 Å². The van der Waals surface area contributed by atoms with Crippen LogP contribution in [0.5, 0.6) is 0 Å². The molecular formula is C15H20N4O2S. The molecule has 22 heavy (non-hydrogen) atoms. The van der Waals surface area contributed by atoms with Gasteiger partial charge in [0.05, 0.1) is 17.1 Å². The Morgan fingerprint density at radius 1 is 1.41 bits per heavy atom. The van der Waals surface area contributed by atoms with Crippen LogP contribution < -0.4 is 10.6 Å². The van der Waals surface area contributed by atoms with Gasteiger partial charge in [-0.1, -0.05) is 13.0 Å². The molecule has 0 aliphatic carbocycles. The number of amides is 2. The smallest absolute Gasteiger partial charge is 0.261 e. The molecule has 2 aromatic rings. The Morgan fingerprint density at radius 2 is 2.23 bits per heavy atom. The molecule has 0 radical (unpaired) electrons. The third-order valence-electron chi connectivity index (χ3n) is 3.33. The molecule has 1 unspecified atom stereocenters. The van der Waals surface area contributed by atoms with Gasteiger partial charge in [-0.3, -0.25) is 9.59 Å². The fourth-order valence-electron chi connectivity index (χ4n) is 1.93. The van der Waals surface area contributed by atoms with Crippen LogP contribution >= 0.6 is 11.3 Å². The second-order valence-corrected chi connectivity index (χ2v) is 5.90. The lowest BCUT2D eigenvalue weighted by atomic mass is 10.3. The summed E-state index contributed by atoms with van der Waals surface area (Å²) in [6.45, 7) is 4.42. The zero-order valence-corrected chi connectivity index (χ0v) is 13.5. The molecule has 7 heteroatoms. The van der Waals surface area contributed by atoms with E-state index in [1.165, 1.54) is 11.3 Å². The molecule has 0 spiro atoms. The highest BCUT2D eigenvalue weighted by Gasteiger charge is 2.12. The van der Waals surface area contributed by atoms with E-state index in [9.17, 15) is 9.59 Å². The maximum Gasteiger partial charge on any atom is 0.261 e. The highest BCUT2D eigenvalue weighted by atomic mass is 32.1. The van der Waals surface area contributed by atoms with Gasteiger partial charge in [-0.05, 0) is 24.8 Å². The number of carbonyl (C=O) groups is 2. The summed E-state index contributed by atoms with van der Waals surface area (Å²) in [7, 11) is 0. The Morgan fingerprint density at radius 3 is 2.91 bits per heavy atom. The normalized spacial score (nSPS) is 11.9. The van der Waals surface area contributed by atoms with Gasteiger partial charge in [0.2, 0.25) is 5.91 Å². The Bertz CT molecular complexity index is 621. The van der Waals surface area contributed by atoms with E-state index < -0.39 is 0 Å². The van der Waals surface area contributed by atoms with Gasteiger partial charge >= 0.3 is 0 Å². The van der Waals surface area contributed by atoms with E-state index in [0.717, 1.165) is 6.42 Å². The quantitative estimate of drug-likeness (QED) is 0.823. The lowest BCUT2D eigenvalue weighted by Gasteiger charge is -2.14. The van der Waals surface area contributed by atoms with Crippen LogP contribution in [0.1, 0.15) is 42.4 Å². The van der Waals surface area contributed by atoms with Gasteiger partial charge < -0.3 is 10.6 Å². The second-order valence-electron chi connectivity index (χ2n) is 4.95. The molecule has 0 saturated heterocycles. The van der Waals surface area contributed by atoms with Crippen molar-refractivity contribution in [3.05, 3.63) is 34.7 Å². The Hall–Kier alpha value is -2.15. The summed E-state index contributed by atoms with van der Waals surface area (Å²) in [5.74, 6) is 0.396. The standard InChI is InChI=1S/C15H20N4O2S/c1-3-11(2)19-13(6-9-17-19)18-14(20)7-8-16-15(21)12-5-4-10-22-12/h4-6,9-11H,3,7-8H2,1-2H3,(H,16,21)(H,18,20). The van der Waals surface area contributed by atoms with E-state index in [-0.39, 0.29) is 24.3 Å². The van der Waals surface area contributed by atoms with E-state index in [4.69, 9.17) is 0 Å². The minimum absolute atomic E-state index is 0.142. The number of carbonyl (C=O) groups excluding carboxylic acids is 2. The molecule has 2 amide bonds. The van der Waals surface area contributed by atoms with Crippen molar-refractivity contribution in [3.63, 3.8) is 0 Å². The zero-order valence-electron chi connectivity index (χ0n) is 12.7. The third-order valence-corrected chi connectivity index (χ3v) is 4.20. The third kappa shape index (κ3) is 4.17. The molecule has 118 valence electrons. The summed E-state index contributed by atoms with van der Waals surface area (Å²) in [6.07, 6.45) is 2.82. The van der Waals surface area contributed by atoms with Gasteiger partial charge in [-0.25, -0.2) is 4.68 Å². The minimum Gasteiger partial charge on any atom is -0.351 e. The van der Waals surface area contributed by atoms with Crippen LogP contribution in [0.25, 0.3) is 0 Å². The summed E-state index contributed by atoms with van der Waals surface area (Å²) in [4.78, 5) is 24.3. The first-order chi connectivity index (χ1) is 10.6. The van der Waals surface area contributed by atoms with Crippen LogP contribution in [0.15, 0.2) is 29.8 Å². The Labute approximate surface area is 133 Å². The molecular weight excluding hydrogens is 300 g/mol. The zero-order chi connectivity index (χ0) is 15.9. The lowest BCUT2D eigenvalue weighted by molar-refractivity contribution is -0.116. The summed E-state index contributed by atoms with van der Waals surface area (Å²) < 4.78 is 1.79. The van der Waals surface area contributed by atoms with E-state index in [1.54, 1.807) is 23.0 Å². The van der Waals surface area contributed by atoms with Crippen LogP contribution in [0, 0.1) is 0 Å². The highest BCUT2D eigenvalue weighted by Crippen LogP contribution is 2.16. The summed E-state index contributed by atoms with van der Waals surface area (Å²) >= 11 is 1.38. The van der Waals surface area contributed by atoms with Gasteiger partial charge in [-0.2, -0.15) is 5.10 Å². The second kappa shape index (κ2) is 7.74. The molecule has 0 aromatic carbocycles. The number of nitrogens with zero attached hydrogens (tertiary/aromatic N) is 2. The largest absolute Gasteiger partial charge is 0.351 e. The number of thiophene rings is 1. The van der Waals surface area contributed by atoms with E-state index in [0.29, 0.717) is 17.2 Å². The van der Waals surface area contributed by atoms with Crippen molar-refractivity contribution in [1.29, 1.82) is 0 Å². The molecule has 6 nitrogen and oxygen atoms in total. The maximum absolute atomic E-state index is 11.9. The Balaban J connectivity index is 1.79. The molecule has 2 rings (SSSR count). The van der Waals surface area contributed by atoms with Crippen molar-refractivity contribution in [3.8, 4) is 0 Å². The predicted molar refractivity (Wildman–Crippen MR) is 87.1 cm³/mol. The topological polar surface area (TPSA) is 76.0 Å². The van der Waals surface area contributed by atoms with E-state index in [1.807, 2.05) is 18.4 Å². The first-order valence-electron chi connectivity index (χ1n) is 7.27. The number of hydrogen-bond acceptors (Lipinski definition) is 4. The van der Waals surface area contributed by atoms with Crippen molar-refractivity contribution >= 4 is 29.0 Å². The number of hydrogen-bond donors (Lipinski definition) is 2. The first-order valence-corrected chi connectivity index (χ1v) is 8.14. The van der Waals surface area contributed by atoms with Gasteiger partial charge in [0, 0.05) is 19.0 Å². The molecule has 0 bridgehead atoms. The van der Waals surface area contributed by atoms with Gasteiger partial charge in [-0.15, -0.1) is 11.3 Å². The molecule has 0 aliphatic rings. The summed E-state index contributed by atoms with van der Waals surface area (Å²) in [5.41, 5.74) is 0. The van der Waals surface area contributed by atoms with Crippen LogP contribution in [-0.2, 0) is 4.79 Å². The van der Waals surface area contributed by atoms with Crippen molar-refractivity contribution in [2.45, 2.75) is 32.7 Å². The van der Waals surface area contributed by atoms with Crippen molar-refractivity contribution in [2.24, 2.45) is 0 Å². The average molecular weight is 320 g/mol. The molecule has 1 atom stereocenters. The predicted octanol–water partition coefficient (Wildman–Crippen LogP) is 2.67. The molecule has 0 fully saturated rings. The first kappa shape index (κ1) is 16.2. The summed E-state index contributed by atoms with van der Waals surface area (Å²) in [5, 5.41) is 11.6. The van der Waals surface area contributed by atoms with Gasteiger partial charge in [0.25, 0.3) is 5.91 Å². The van der Waals surface area contributed by atoms with Crippen molar-refractivity contribution < 1.29 is 9.59 Å². The van der Waals surface area contributed by atoms with E-state index in [2.05, 4.69) is 22.7 Å². The van der Waals surface area contributed by atoms with Crippen LogP contribution in [0.4, 0.5) is 5.82 Å². The van der Waals surface area contributed by atoms with Gasteiger partial charge in [0.1, 0.15) is 5.82 Å². The fraction of sp³-hybridized carbons (Fsp3) is 0.400. The highest BCUT2D eigenvalue weighted by molar-refractivity contribution is 7.12. The number of aromatic nitrogens is 2. The van der Waals surface area contributed by atoms with Crippen LogP contribution in [0.3, 0.4) is 0 Å². The lowest BCUT2D eigenvalue weighted by Crippen LogP contribution is -2.27. The number of anilines is 1. The molecule has 2 aromatic heterocycles. The molecule has 0 aliphatic heterocycles. The molecule has 0 saturated carbocycles. The average Bonchev–Trinajstić information content (AvgIpc) is 3.17. The molecule has 2 N–H and O–H groups in total. The van der Waals surface area contributed by atoms with E-state index >= 15 is 0 Å². The minimum atomic E-state index is -0.146. The van der Waals surface area contributed by atoms with Crippen molar-refractivity contribution in [1.82, 2.24) is 15.1 Å². The Kier molecular flexibility index (Phi) is 5.71. The SMILES string of the molecule is CCC(C)n1nccc1NC(=O)CCNC(=O)c1cccs1. The fourth-order valence-corrected chi connectivity index (χ4v) is 2.57. The number of nitrogens with one attached hydrogen (secondary N) is 2. The van der Waals surface area contributed by atoms with Crippen molar-refractivity contribution in [2.75, 3.05) is 11.9 Å². The maximum atomic E-state index is 11.9. The monoisotopic (exact) mass is 320 g/mol. The van der Waals surface area contributed by atoms with Crippen LogP contribution in [0.2, 0.25) is 0 Å². The number of rotatable bonds is 7. The molecule has 2 heterocycles. The van der Waals surface area contributed by atoms with Gasteiger partial charge in [0.15, 0.2) is 0 Å².